The van der Waals surface area contributed by atoms with Gasteiger partial charge in [-0.1, -0.05) is 44.1 Å². The summed E-state index contributed by atoms with van der Waals surface area (Å²) in [4.78, 5) is 0. The van der Waals surface area contributed by atoms with E-state index < -0.39 is 0 Å². The lowest BCUT2D eigenvalue weighted by Crippen LogP contribution is -1.86. The van der Waals surface area contributed by atoms with Crippen LogP contribution in [0.5, 0.6) is 5.75 Å². The zero-order valence-corrected chi connectivity index (χ0v) is 11.8. The number of benzene rings is 1. The molecule has 0 spiro atoms. The van der Waals surface area contributed by atoms with Crippen molar-refractivity contribution >= 4 is 0 Å². The second-order valence-electron chi connectivity index (χ2n) is 4.71. The van der Waals surface area contributed by atoms with Crippen LogP contribution in [0.1, 0.15) is 51.0 Å². The number of unbranched alkanes of at least 4 members (excludes halogenated alkanes) is 4. The minimum absolute atomic E-state index is 0.939. The molecular formula is C17H26O. The van der Waals surface area contributed by atoms with Crippen molar-refractivity contribution in [3.63, 3.8) is 0 Å². The van der Waals surface area contributed by atoms with Gasteiger partial charge in [0.2, 0.25) is 0 Å². The van der Waals surface area contributed by atoms with Crippen LogP contribution in [-0.2, 0) is 6.42 Å². The molecule has 0 atom stereocenters. The standard InChI is InChI=1S/C17H26O/c1-3-4-5-6-7-8-9-10-11-16-12-14-17(18-2)15-13-16/h7-8,12-15H,3-6,9-11H2,1-2H3/b8-7+. The van der Waals surface area contributed by atoms with Gasteiger partial charge in [0.1, 0.15) is 5.75 Å². The van der Waals surface area contributed by atoms with Gasteiger partial charge in [0.25, 0.3) is 0 Å². The molecule has 0 heterocycles. The predicted molar refractivity (Wildman–Crippen MR) is 79.2 cm³/mol. The first-order chi connectivity index (χ1) is 8.86. The molecule has 0 radical (unpaired) electrons. The molecule has 0 saturated carbocycles. The molecule has 0 bridgehead atoms. The van der Waals surface area contributed by atoms with Gasteiger partial charge in [0.15, 0.2) is 0 Å². The Morgan fingerprint density at radius 2 is 1.61 bits per heavy atom. The number of hydrogen-bond donors (Lipinski definition) is 0. The van der Waals surface area contributed by atoms with Crippen molar-refractivity contribution in [3.05, 3.63) is 42.0 Å². The molecule has 0 aliphatic heterocycles. The van der Waals surface area contributed by atoms with Crippen molar-refractivity contribution in [2.45, 2.75) is 51.9 Å². The van der Waals surface area contributed by atoms with E-state index in [-0.39, 0.29) is 0 Å². The van der Waals surface area contributed by atoms with Crippen LogP contribution in [0.3, 0.4) is 0 Å². The topological polar surface area (TPSA) is 9.23 Å². The van der Waals surface area contributed by atoms with Crippen LogP contribution < -0.4 is 4.74 Å². The number of aryl methyl sites for hydroxylation is 1. The molecule has 0 aliphatic rings. The van der Waals surface area contributed by atoms with Gasteiger partial charge >= 0.3 is 0 Å². The van der Waals surface area contributed by atoms with E-state index in [1.165, 1.54) is 44.1 Å². The Labute approximate surface area is 112 Å². The van der Waals surface area contributed by atoms with Gasteiger partial charge in [-0.15, -0.1) is 0 Å². The molecule has 1 aromatic rings. The Hall–Kier alpha value is -1.24. The van der Waals surface area contributed by atoms with Crippen molar-refractivity contribution in [3.8, 4) is 5.75 Å². The van der Waals surface area contributed by atoms with Crippen molar-refractivity contribution in [1.82, 2.24) is 0 Å². The lowest BCUT2D eigenvalue weighted by Gasteiger charge is -2.02. The fourth-order valence-corrected chi connectivity index (χ4v) is 1.96. The number of allylic oxidation sites excluding steroid dienone is 2. The van der Waals surface area contributed by atoms with E-state index in [4.69, 9.17) is 4.74 Å². The average molecular weight is 246 g/mol. The monoisotopic (exact) mass is 246 g/mol. The van der Waals surface area contributed by atoms with Gasteiger partial charge in [-0.3, -0.25) is 0 Å². The molecule has 0 aliphatic carbocycles. The molecule has 0 aromatic heterocycles. The van der Waals surface area contributed by atoms with Gasteiger partial charge in [-0.05, 0) is 49.8 Å². The van der Waals surface area contributed by atoms with E-state index in [9.17, 15) is 0 Å². The van der Waals surface area contributed by atoms with E-state index in [1.54, 1.807) is 7.11 Å². The fourth-order valence-electron chi connectivity index (χ4n) is 1.96. The molecule has 1 heteroatoms. The van der Waals surface area contributed by atoms with Crippen molar-refractivity contribution in [2.24, 2.45) is 0 Å². The van der Waals surface area contributed by atoms with Crippen LogP contribution in [0.4, 0.5) is 0 Å². The molecule has 0 amide bonds. The molecule has 0 unspecified atom stereocenters. The number of hydrogen-bond acceptors (Lipinski definition) is 1. The van der Waals surface area contributed by atoms with Crippen molar-refractivity contribution in [1.29, 1.82) is 0 Å². The fraction of sp³-hybridized carbons (Fsp3) is 0.529. The zero-order chi connectivity index (χ0) is 13.1. The van der Waals surface area contributed by atoms with E-state index in [0.29, 0.717) is 0 Å². The first-order valence-electron chi connectivity index (χ1n) is 7.14. The maximum atomic E-state index is 5.15. The molecule has 1 rings (SSSR count). The van der Waals surface area contributed by atoms with E-state index >= 15 is 0 Å². The molecular weight excluding hydrogens is 220 g/mol. The number of rotatable bonds is 9. The van der Waals surface area contributed by atoms with Gasteiger partial charge in [-0.2, -0.15) is 0 Å². The third-order valence-electron chi connectivity index (χ3n) is 3.14. The van der Waals surface area contributed by atoms with Crippen LogP contribution in [-0.4, -0.2) is 7.11 Å². The Balaban J connectivity index is 2.09. The van der Waals surface area contributed by atoms with Gasteiger partial charge in [0, 0.05) is 0 Å². The number of ether oxygens (including phenoxy) is 1. The maximum Gasteiger partial charge on any atom is 0.118 e. The quantitative estimate of drug-likeness (QED) is 0.432. The van der Waals surface area contributed by atoms with Crippen molar-refractivity contribution < 1.29 is 4.74 Å². The molecule has 100 valence electrons. The number of methoxy groups -OCH3 is 1. The summed E-state index contributed by atoms with van der Waals surface area (Å²) in [5, 5.41) is 0. The summed E-state index contributed by atoms with van der Waals surface area (Å²) < 4.78 is 5.15. The van der Waals surface area contributed by atoms with Gasteiger partial charge in [0.05, 0.1) is 7.11 Å². The summed E-state index contributed by atoms with van der Waals surface area (Å²) in [6, 6.07) is 8.39. The third-order valence-corrected chi connectivity index (χ3v) is 3.14. The largest absolute Gasteiger partial charge is 0.497 e. The van der Waals surface area contributed by atoms with Crippen LogP contribution in [0, 0.1) is 0 Å². The van der Waals surface area contributed by atoms with Gasteiger partial charge < -0.3 is 4.74 Å². The van der Waals surface area contributed by atoms with Crippen LogP contribution >= 0.6 is 0 Å². The van der Waals surface area contributed by atoms with Crippen molar-refractivity contribution in [2.75, 3.05) is 7.11 Å². The third kappa shape index (κ3) is 6.48. The maximum absolute atomic E-state index is 5.15. The SMILES string of the molecule is CCCCC/C=C/CCCc1ccc(OC)cc1. The Kier molecular flexibility index (Phi) is 8.03. The second kappa shape index (κ2) is 9.76. The summed E-state index contributed by atoms with van der Waals surface area (Å²) in [5.41, 5.74) is 1.40. The lowest BCUT2D eigenvalue weighted by atomic mass is 10.1. The van der Waals surface area contributed by atoms with Crippen LogP contribution in [0.15, 0.2) is 36.4 Å². The van der Waals surface area contributed by atoms with Gasteiger partial charge in [-0.25, -0.2) is 0 Å². The molecule has 0 N–H and O–H groups in total. The zero-order valence-electron chi connectivity index (χ0n) is 11.8. The Morgan fingerprint density at radius 3 is 2.22 bits per heavy atom. The summed E-state index contributed by atoms with van der Waals surface area (Å²) in [7, 11) is 1.71. The van der Waals surface area contributed by atoms with E-state index in [1.807, 2.05) is 12.1 Å². The highest BCUT2D eigenvalue weighted by Gasteiger charge is 1.93. The molecule has 0 fully saturated rings. The average Bonchev–Trinajstić information content (AvgIpc) is 2.42. The minimum atomic E-state index is 0.939. The molecule has 1 nitrogen and oxygen atoms in total. The summed E-state index contributed by atoms with van der Waals surface area (Å²) in [5.74, 6) is 0.939. The van der Waals surface area contributed by atoms with E-state index in [2.05, 4.69) is 31.2 Å². The van der Waals surface area contributed by atoms with Crippen LogP contribution in [0.2, 0.25) is 0 Å². The molecule has 18 heavy (non-hydrogen) atoms. The Bertz CT molecular complexity index is 324. The smallest absolute Gasteiger partial charge is 0.118 e. The summed E-state index contributed by atoms with van der Waals surface area (Å²) >= 11 is 0. The Morgan fingerprint density at radius 1 is 0.944 bits per heavy atom. The minimum Gasteiger partial charge on any atom is -0.497 e. The van der Waals surface area contributed by atoms with Crippen LogP contribution in [0.25, 0.3) is 0 Å². The first-order valence-corrected chi connectivity index (χ1v) is 7.14. The highest BCUT2D eigenvalue weighted by Crippen LogP contribution is 2.13. The molecule has 1 aromatic carbocycles. The normalized spacial score (nSPS) is 11.0. The summed E-state index contributed by atoms with van der Waals surface area (Å²) in [6.45, 7) is 2.25. The highest BCUT2D eigenvalue weighted by atomic mass is 16.5. The highest BCUT2D eigenvalue weighted by molar-refractivity contribution is 5.27. The predicted octanol–water partition coefficient (Wildman–Crippen LogP) is 5.15. The summed E-state index contributed by atoms with van der Waals surface area (Å²) in [6.07, 6.45) is 13.5. The molecule has 0 saturated heterocycles. The lowest BCUT2D eigenvalue weighted by molar-refractivity contribution is 0.414. The van der Waals surface area contributed by atoms with E-state index in [0.717, 1.165) is 12.2 Å². The first kappa shape index (κ1) is 14.8. The second-order valence-corrected chi connectivity index (χ2v) is 4.71.